The largest absolute Gasteiger partial charge is 0.466 e. The Morgan fingerprint density at radius 1 is 1.36 bits per heavy atom. The fraction of sp³-hybridized carbons (Fsp3) is 0.267. The van der Waals surface area contributed by atoms with Crippen molar-refractivity contribution in [2.75, 3.05) is 13.7 Å². The molecule has 0 N–H and O–H groups in total. The van der Waals surface area contributed by atoms with E-state index in [1.807, 2.05) is 0 Å². The molecule has 0 saturated heterocycles. The summed E-state index contributed by atoms with van der Waals surface area (Å²) in [5.74, 6) is -3.96. The smallest absolute Gasteiger partial charge is 0.422 e. The molecule has 1 atom stereocenters. The van der Waals surface area contributed by atoms with Gasteiger partial charge in [0.15, 0.2) is 6.61 Å². The minimum absolute atomic E-state index is 0.166. The van der Waals surface area contributed by atoms with E-state index in [0.29, 0.717) is 0 Å². The van der Waals surface area contributed by atoms with E-state index in [1.165, 1.54) is 24.3 Å². The van der Waals surface area contributed by atoms with Gasteiger partial charge in [0.2, 0.25) is 0 Å². The van der Waals surface area contributed by atoms with Crippen LogP contribution in [0.3, 0.4) is 0 Å². The van der Waals surface area contributed by atoms with Crippen LogP contribution in [0.5, 0.6) is 0 Å². The molecule has 1 aromatic rings. The lowest BCUT2D eigenvalue weighted by Crippen LogP contribution is -2.32. The molecular weight excluding hydrogens is 365 g/mol. The number of alkyl halides is 3. The number of ether oxygens (including phenoxy) is 2. The highest BCUT2D eigenvalue weighted by Gasteiger charge is 2.41. The SMILES string of the molecule is C=C(C(=O)OC)[C@@H](C(=[N+]=[N-])C(=O)OCC(F)(F)F)c1cccc(Cl)c1. The van der Waals surface area contributed by atoms with Crippen LogP contribution < -0.4 is 0 Å². The van der Waals surface area contributed by atoms with Gasteiger partial charge in [-0.15, -0.1) is 0 Å². The van der Waals surface area contributed by atoms with Crippen LogP contribution in [0.4, 0.5) is 13.2 Å². The standard InChI is InChI=1S/C15H12ClF3N2O4/c1-8(13(22)24-2)11(9-4-3-5-10(16)6-9)12(21-20)14(23)25-7-15(17,18)19/h3-6,11H,1,7H2,2H3/t11-/m1/s1. The lowest BCUT2D eigenvalue weighted by Gasteiger charge is -2.15. The molecule has 10 heteroatoms. The molecule has 0 fully saturated rings. The predicted molar refractivity (Wildman–Crippen MR) is 81.0 cm³/mol. The summed E-state index contributed by atoms with van der Waals surface area (Å²) < 4.78 is 45.2. The van der Waals surface area contributed by atoms with Crippen LogP contribution >= 0.6 is 11.6 Å². The van der Waals surface area contributed by atoms with Crippen molar-refractivity contribution in [1.29, 1.82) is 0 Å². The second-order valence-corrected chi connectivity index (χ2v) is 5.12. The van der Waals surface area contributed by atoms with Gasteiger partial charge >= 0.3 is 23.8 Å². The third kappa shape index (κ3) is 5.74. The number of benzene rings is 1. The summed E-state index contributed by atoms with van der Waals surface area (Å²) in [6, 6.07) is 5.68. The van der Waals surface area contributed by atoms with E-state index < -0.39 is 36.4 Å². The van der Waals surface area contributed by atoms with Crippen molar-refractivity contribution in [3.8, 4) is 0 Å². The molecule has 0 bridgehead atoms. The lowest BCUT2D eigenvalue weighted by atomic mass is 9.87. The topological polar surface area (TPSA) is 89.0 Å². The summed E-state index contributed by atoms with van der Waals surface area (Å²) in [5.41, 5.74) is 8.04. The Morgan fingerprint density at radius 3 is 2.48 bits per heavy atom. The number of rotatable bonds is 6. The van der Waals surface area contributed by atoms with Crippen LogP contribution in [-0.2, 0) is 19.1 Å². The maximum Gasteiger partial charge on any atom is 0.422 e. The van der Waals surface area contributed by atoms with E-state index in [2.05, 4.69) is 20.8 Å². The average Bonchev–Trinajstić information content (AvgIpc) is 2.55. The van der Waals surface area contributed by atoms with Gasteiger partial charge in [0.1, 0.15) is 5.92 Å². The summed E-state index contributed by atoms with van der Waals surface area (Å²) in [7, 11) is 1.04. The van der Waals surface area contributed by atoms with Gasteiger partial charge in [0.05, 0.1) is 7.11 Å². The number of esters is 2. The van der Waals surface area contributed by atoms with Gasteiger partial charge in [0, 0.05) is 10.6 Å². The van der Waals surface area contributed by atoms with Crippen molar-refractivity contribution in [1.82, 2.24) is 0 Å². The third-order valence-electron chi connectivity index (χ3n) is 2.94. The maximum absolute atomic E-state index is 12.2. The Kier molecular flexibility index (Phi) is 6.90. The summed E-state index contributed by atoms with van der Waals surface area (Å²) in [6.45, 7) is 1.56. The first-order valence-electron chi connectivity index (χ1n) is 6.59. The zero-order valence-corrected chi connectivity index (χ0v) is 13.6. The molecule has 0 aromatic heterocycles. The van der Waals surface area contributed by atoms with Gasteiger partial charge in [-0.2, -0.15) is 18.0 Å². The quantitative estimate of drug-likeness (QED) is 0.251. The molecule has 25 heavy (non-hydrogen) atoms. The first-order valence-corrected chi connectivity index (χ1v) is 6.97. The van der Waals surface area contributed by atoms with Gasteiger partial charge < -0.3 is 15.0 Å². The Balaban J connectivity index is 3.29. The minimum Gasteiger partial charge on any atom is -0.466 e. The molecule has 134 valence electrons. The van der Waals surface area contributed by atoms with Gasteiger partial charge in [0.25, 0.3) is 0 Å². The van der Waals surface area contributed by atoms with Crippen LogP contribution in [0.15, 0.2) is 36.4 Å². The minimum atomic E-state index is -4.78. The van der Waals surface area contributed by atoms with E-state index in [9.17, 15) is 22.8 Å². The van der Waals surface area contributed by atoms with Crippen LogP contribution in [0.1, 0.15) is 11.5 Å². The van der Waals surface area contributed by atoms with Crippen molar-refractivity contribution in [2.24, 2.45) is 0 Å². The molecule has 1 rings (SSSR count). The number of carbonyl (C=O) groups is 2. The molecule has 0 spiro atoms. The molecule has 0 aliphatic carbocycles. The number of carbonyl (C=O) groups excluding carboxylic acids is 2. The highest BCUT2D eigenvalue weighted by atomic mass is 35.5. The van der Waals surface area contributed by atoms with Crippen LogP contribution in [0.25, 0.3) is 5.53 Å². The number of methoxy groups -OCH3 is 1. The first-order chi connectivity index (χ1) is 11.6. The van der Waals surface area contributed by atoms with Crippen LogP contribution in [-0.4, -0.2) is 42.3 Å². The van der Waals surface area contributed by atoms with Crippen molar-refractivity contribution in [3.63, 3.8) is 0 Å². The molecule has 0 aliphatic heterocycles. The van der Waals surface area contributed by atoms with Crippen molar-refractivity contribution >= 4 is 29.3 Å². The molecule has 0 amide bonds. The summed E-state index contributed by atoms with van der Waals surface area (Å²) in [5, 5.41) is 0.209. The van der Waals surface area contributed by atoms with E-state index >= 15 is 0 Å². The lowest BCUT2D eigenvalue weighted by molar-refractivity contribution is -0.183. The zero-order chi connectivity index (χ0) is 19.2. The molecule has 6 nitrogen and oxygen atoms in total. The molecule has 0 unspecified atom stereocenters. The summed E-state index contributed by atoms with van der Waals surface area (Å²) in [4.78, 5) is 26.3. The Hall–Kier alpha value is -2.64. The molecule has 0 radical (unpaired) electrons. The summed E-state index contributed by atoms with van der Waals surface area (Å²) in [6.07, 6.45) is -4.78. The fourth-order valence-corrected chi connectivity index (χ4v) is 2.10. The van der Waals surface area contributed by atoms with E-state index in [-0.39, 0.29) is 16.2 Å². The molecule has 0 heterocycles. The Bertz CT molecular complexity index is 743. The third-order valence-corrected chi connectivity index (χ3v) is 3.17. The van der Waals surface area contributed by atoms with E-state index in [1.54, 1.807) is 0 Å². The van der Waals surface area contributed by atoms with Crippen molar-refractivity contribution in [2.45, 2.75) is 12.1 Å². The maximum atomic E-state index is 12.2. The molecule has 0 aliphatic rings. The highest BCUT2D eigenvalue weighted by molar-refractivity contribution is 6.38. The molecule has 0 saturated carbocycles. The van der Waals surface area contributed by atoms with Gasteiger partial charge in [-0.3, -0.25) is 0 Å². The second-order valence-electron chi connectivity index (χ2n) is 4.68. The predicted octanol–water partition coefficient (Wildman–Crippen LogP) is 2.93. The average molecular weight is 377 g/mol. The van der Waals surface area contributed by atoms with Crippen molar-refractivity contribution < 1.29 is 37.0 Å². The number of halogens is 4. The highest BCUT2D eigenvalue weighted by Crippen LogP contribution is 2.28. The van der Waals surface area contributed by atoms with Gasteiger partial charge in [-0.05, 0) is 17.7 Å². The van der Waals surface area contributed by atoms with Gasteiger partial charge in [-0.1, -0.05) is 30.3 Å². The van der Waals surface area contributed by atoms with Gasteiger partial charge in [-0.25, -0.2) is 9.59 Å². The monoisotopic (exact) mass is 376 g/mol. The van der Waals surface area contributed by atoms with E-state index in [0.717, 1.165) is 7.11 Å². The van der Waals surface area contributed by atoms with E-state index in [4.69, 9.17) is 17.1 Å². The molecule has 1 aromatic carbocycles. The number of nitrogens with zero attached hydrogens (tertiary/aromatic N) is 2. The normalized spacial score (nSPS) is 11.9. The van der Waals surface area contributed by atoms with Crippen LogP contribution in [0.2, 0.25) is 5.02 Å². The number of hydrogen-bond donors (Lipinski definition) is 0. The summed E-state index contributed by atoms with van der Waals surface area (Å²) >= 11 is 5.84. The Morgan fingerprint density at radius 2 is 2.00 bits per heavy atom. The molecular formula is C15H12ClF3N2O4. The zero-order valence-electron chi connectivity index (χ0n) is 12.8. The second kappa shape index (κ2) is 8.46. The van der Waals surface area contributed by atoms with Crippen molar-refractivity contribution in [3.05, 3.63) is 52.5 Å². The first kappa shape index (κ1) is 20.4. The number of hydrogen-bond acceptors (Lipinski definition) is 4. The fourth-order valence-electron chi connectivity index (χ4n) is 1.90. The van der Waals surface area contributed by atoms with Crippen LogP contribution in [0, 0.1) is 0 Å². The Labute approximate surface area is 145 Å².